The van der Waals surface area contributed by atoms with Gasteiger partial charge in [0.1, 0.15) is 5.52 Å². The molecule has 0 aliphatic carbocycles. The summed E-state index contributed by atoms with van der Waals surface area (Å²) in [7, 11) is 1.70. The molecule has 0 bridgehead atoms. The molecule has 8 nitrogen and oxygen atoms in total. The fourth-order valence-electron chi connectivity index (χ4n) is 2.24. The Balaban J connectivity index is 2.01. The van der Waals surface area contributed by atoms with Gasteiger partial charge < -0.3 is 10.6 Å². The van der Waals surface area contributed by atoms with Crippen molar-refractivity contribution in [1.29, 1.82) is 0 Å². The number of aromatic nitrogens is 5. The molecule has 8 heteroatoms. The zero-order valence-corrected chi connectivity index (χ0v) is 13.8. The Morgan fingerprint density at radius 3 is 2.83 bits per heavy atom. The molecule has 2 heterocycles. The summed E-state index contributed by atoms with van der Waals surface area (Å²) in [5.74, 6) is 0.941. The van der Waals surface area contributed by atoms with Crippen molar-refractivity contribution in [3.63, 3.8) is 0 Å². The van der Waals surface area contributed by atoms with E-state index in [1.54, 1.807) is 17.9 Å². The topological polar surface area (TPSA) is 97.6 Å². The second kappa shape index (κ2) is 6.61. The van der Waals surface area contributed by atoms with Crippen LogP contribution in [0.1, 0.15) is 24.3 Å². The number of nitrogens with one attached hydrogen (secondary N) is 2. The molecule has 0 saturated carbocycles. The lowest BCUT2D eigenvalue weighted by Gasteiger charge is -2.11. The lowest BCUT2D eigenvalue weighted by atomic mass is 10.2. The molecule has 2 N–H and O–H groups in total. The maximum atomic E-state index is 12.4. The Kier molecular flexibility index (Phi) is 4.37. The monoisotopic (exact) mass is 325 g/mol. The molecule has 0 aliphatic heterocycles. The van der Waals surface area contributed by atoms with Gasteiger partial charge in [-0.25, -0.2) is 9.97 Å². The van der Waals surface area contributed by atoms with E-state index in [9.17, 15) is 4.79 Å². The van der Waals surface area contributed by atoms with Crippen molar-refractivity contribution in [1.82, 2.24) is 30.3 Å². The van der Waals surface area contributed by atoms with Crippen LogP contribution in [0.25, 0.3) is 16.9 Å². The summed E-state index contributed by atoms with van der Waals surface area (Å²) < 4.78 is 1.57. The molecule has 2 aromatic heterocycles. The Morgan fingerprint density at radius 2 is 2.08 bits per heavy atom. The minimum Gasteiger partial charge on any atom is -0.371 e. The number of rotatable bonds is 5. The van der Waals surface area contributed by atoms with Gasteiger partial charge in [-0.05, 0) is 18.1 Å². The number of nitrogens with zero attached hydrogens (tertiary/aromatic N) is 5. The van der Waals surface area contributed by atoms with E-state index in [4.69, 9.17) is 0 Å². The number of hydrogen-bond donors (Lipinski definition) is 2. The second-order valence-corrected chi connectivity index (χ2v) is 5.77. The van der Waals surface area contributed by atoms with Gasteiger partial charge in [-0.3, -0.25) is 4.79 Å². The summed E-state index contributed by atoms with van der Waals surface area (Å²) in [6.45, 7) is 4.63. The Bertz CT molecular complexity index is 872. The molecule has 0 aliphatic rings. The second-order valence-electron chi connectivity index (χ2n) is 5.77. The van der Waals surface area contributed by atoms with Crippen LogP contribution in [0.4, 0.5) is 5.82 Å². The number of carbonyl (C=O) groups is 1. The molecule has 0 atom stereocenters. The zero-order chi connectivity index (χ0) is 17.1. The largest absolute Gasteiger partial charge is 0.371 e. The lowest BCUT2D eigenvalue weighted by Crippen LogP contribution is -2.29. The smallest absolute Gasteiger partial charge is 0.273 e. The van der Waals surface area contributed by atoms with Gasteiger partial charge in [0.15, 0.2) is 17.3 Å². The third-order valence-corrected chi connectivity index (χ3v) is 3.45. The van der Waals surface area contributed by atoms with Crippen molar-refractivity contribution in [2.45, 2.75) is 13.8 Å². The molecule has 0 saturated heterocycles. The third kappa shape index (κ3) is 3.03. The number of amides is 1. The summed E-state index contributed by atoms with van der Waals surface area (Å²) >= 11 is 0. The SMILES string of the molecule is CNc1ncc(-n2nnc3ccccc32)nc1C(=O)NCC(C)C. The minimum absolute atomic E-state index is 0.232. The van der Waals surface area contributed by atoms with E-state index in [2.05, 4.69) is 30.9 Å². The van der Waals surface area contributed by atoms with Crippen LogP contribution in [0.5, 0.6) is 0 Å². The van der Waals surface area contributed by atoms with Gasteiger partial charge >= 0.3 is 0 Å². The summed E-state index contributed by atoms with van der Waals surface area (Å²) in [6.07, 6.45) is 1.56. The standard InChI is InChI=1S/C16H19N7O/c1-10(2)8-19-16(24)14-15(17-3)18-9-13(20-14)23-12-7-5-4-6-11(12)21-22-23/h4-7,9-10H,8H2,1-3H3,(H,17,18)(H,19,24). The van der Waals surface area contributed by atoms with E-state index in [1.165, 1.54) is 0 Å². The quantitative estimate of drug-likeness (QED) is 0.740. The maximum absolute atomic E-state index is 12.4. The first-order chi connectivity index (χ1) is 11.6. The van der Waals surface area contributed by atoms with Crippen LogP contribution in [0.2, 0.25) is 0 Å². The molecule has 0 radical (unpaired) electrons. The highest BCUT2D eigenvalue weighted by Crippen LogP contribution is 2.16. The number of carbonyl (C=O) groups excluding carboxylic acids is 1. The van der Waals surface area contributed by atoms with Crippen molar-refractivity contribution in [3.05, 3.63) is 36.2 Å². The summed E-state index contributed by atoms with van der Waals surface area (Å²) in [5, 5.41) is 14.0. The summed E-state index contributed by atoms with van der Waals surface area (Å²) in [6, 6.07) is 7.54. The third-order valence-electron chi connectivity index (χ3n) is 3.45. The van der Waals surface area contributed by atoms with E-state index in [0.717, 1.165) is 11.0 Å². The van der Waals surface area contributed by atoms with Crippen molar-refractivity contribution in [2.24, 2.45) is 5.92 Å². The van der Waals surface area contributed by atoms with Gasteiger partial charge in [-0.15, -0.1) is 5.10 Å². The van der Waals surface area contributed by atoms with Crippen LogP contribution in [-0.2, 0) is 0 Å². The summed E-state index contributed by atoms with van der Waals surface area (Å²) in [4.78, 5) is 21.1. The highest BCUT2D eigenvalue weighted by Gasteiger charge is 2.17. The average molecular weight is 325 g/mol. The average Bonchev–Trinajstić information content (AvgIpc) is 3.03. The molecule has 124 valence electrons. The van der Waals surface area contributed by atoms with Crippen LogP contribution in [-0.4, -0.2) is 44.5 Å². The fourth-order valence-corrected chi connectivity index (χ4v) is 2.24. The predicted molar refractivity (Wildman–Crippen MR) is 91.2 cm³/mol. The molecular weight excluding hydrogens is 306 g/mol. The first-order valence-electron chi connectivity index (χ1n) is 7.74. The highest BCUT2D eigenvalue weighted by atomic mass is 16.1. The molecule has 1 amide bonds. The van der Waals surface area contributed by atoms with Crippen LogP contribution < -0.4 is 10.6 Å². The maximum Gasteiger partial charge on any atom is 0.273 e. The first-order valence-corrected chi connectivity index (χ1v) is 7.74. The zero-order valence-electron chi connectivity index (χ0n) is 13.8. The summed E-state index contributed by atoms with van der Waals surface area (Å²) in [5.41, 5.74) is 1.79. The van der Waals surface area contributed by atoms with Crippen molar-refractivity contribution < 1.29 is 4.79 Å². The number of hydrogen-bond acceptors (Lipinski definition) is 6. The van der Waals surface area contributed by atoms with Gasteiger partial charge in [0.2, 0.25) is 0 Å². The van der Waals surface area contributed by atoms with E-state index in [0.29, 0.717) is 24.1 Å². The van der Waals surface area contributed by atoms with Gasteiger partial charge in [0.25, 0.3) is 5.91 Å². The molecule has 1 aromatic carbocycles. The molecule has 0 spiro atoms. The first kappa shape index (κ1) is 15.9. The van der Waals surface area contributed by atoms with Crippen molar-refractivity contribution >= 4 is 22.8 Å². The van der Waals surface area contributed by atoms with Gasteiger partial charge in [-0.2, -0.15) is 4.68 Å². The Morgan fingerprint density at radius 1 is 1.29 bits per heavy atom. The van der Waals surface area contributed by atoms with Gasteiger partial charge in [0.05, 0.1) is 11.7 Å². The molecule has 0 fully saturated rings. The number of benzene rings is 1. The van der Waals surface area contributed by atoms with Crippen LogP contribution in [0.3, 0.4) is 0 Å². The molecule has 24 heavy (non-hydrogen) atoms. The van der Waals surface area contributed by atoms with Gasteiger partial charge in [-0.1, -0.05) is 31.2 Å². The number of anilines is 1. The van der Waals surface area contributed by atoms with E-state index >= 15 is 0 Å². The molecule has 3 rings (SSSR count). The predicted octanol–water partition coefficient (Wildman–Crippen LogP) is 1.64. The normalized spacial score (nSPS) is 11.0. The minimum atomic E-state index is -0.271. The molecule has 0 unspecified atom stereocenters. The van der Waals surface area contributed by atoms with Crippen LogP contribution in [0.15, 0.2) is 30.5 Å². The fraction of sp³-hybridized carbons (Fsp3) is 0.312. The van der Waals surface area contributed by atoms with Gasteiger partial charge in [0, 0.05) is 13.6 Å². The highest BCUT2D eigenvalue weighted by molar-refractivity contribution is 5.97. The van der Waals surface area contributed by atoms with Crippen LogP contribution >= 0.6 is 0 Å². The van der Waals surface area contributed by atoms with E-state index < -0.39 is 0 Å². The number of para-hydroxylation sites is 1. The van der Waals surface area contributed by atoms with Crippen molar-refractivity contribution in [2.75, 3.05) is 18.9 Å². The molecule has 3 aromatic rings. The molecular formula is C16H19N7O. The van der Waals surface area contributed by atoms with E-state index in [1.807, 2.05) is 38.1 Å². The Labute approximate surface area is 139 Å². The Hall–Kier alpha value is -3.03. The van der Waals surface area contributed by atoms with E-state index in [-0.39, 0.29) is 11.6 Å². The van der Waals surface area contributed by atoms with Crippen LogP contribution in [0, 0.1) is 5.92 Å². The number of fused-ring (bicyclic) bond motifs is 1. The van der Waals surface area contributed by atoms with Crippen molar-refractivity contribution in [3.8, 4) is 5.82 Å². The lowest BCUT2D eigenvalue weighted by molar-refractivity contribution is 0.0944.